The van der Waals surface area contributed by atoms with Gasteiger partial charge in [-0.3, -0.25) is 4.79 Å². The van der Waals surface area contributed by atoms with Crippen LogP contribution in [0.2, 0.25) is 0 Å². The summed E-state index contributed by atoms with van der Waals surface area (Å²) in [5.41, 5.74) is -4.27. The first-order valence-electron chi connectivity index (χ1n) is 6.95. The number of carbonyl (C=O) groups is 2. The SMILES string of the molecule is CC12CC(O)CC(C)(C(=O)O1)C2(O)C=CC(=CC(=O)O)CO. The normalized spacial score (nSPS) is 41.8. The zero-order valence-corrected chi connectivity index (χ0v) is 12.4. The molecular formula is C15H20O7. The Balaban J connectivity index is 2.44. The molecule has 0 spiro atoms. The Morgan fingerprint density at radius 2 is 2.05 bits per heavy atom. The zero-order chi connectivity index (χ0) is 16.8. The van der Waals surface area contributed by atoms with E-state index >= 15 is 0 Å². The Hall–Kier alpha value is -1.70. The Bertz CT molecular complexity index is 566. The van der Waals surface area contributed by atoms with Crippen molar-refractivity contribution in [1.82, 2.24) is 0 Å². The maximum Gasteiger partial charge on any atom is 0.328 e. The number of aliphatic hydroxyl groups excluding tert-OH is 2. The number of rotatable bonds is 4. The fourth-order valence-corrected chi connectivity index (χ4v) is 3.46. The van der Waals surface area contributed by atoms with Crippen LogP contribution in [0.3, 0.4) is 0 Å². The number of aliphatic carboxylic acids is 1. The highest BCUT2D eigenvalue weighted by molar-refractivity contribution is 5.84. The van der Waals surface area contributed by atoms with Crippen molar-refractivity contribution in [3.63, 3.8) is 0 Å². The highest BCUT2D eigenvalue weighted by Gasteiger charge is 2.72. The third-order valence-electron chi connectivity index (χ3n) is 4.72. The summed E-state index contributed by atoms with van der Waals surface area (Å²) in [5.74, 6) is -1.83. The third kappa shape index (κ3) is 2.25. The van der Waals surface area contributed by atoms with E-state index in [1.54, 1.807) is 0 Å². The van der Waals surface area contributed by atoms with Gasteiger partial charge in [-0.25, -0.2) is 4.79 Å². The number of carboxylic acids is 1. The van der Waals surface area contributed by atoms with Crippen molar-refractivity contribution in [3.05, 3.63) is 23.8 Å². The van der Waals surface area contributed by atoms with E-state index in [9.17, 15) is 19.8 Å². The van der Waals surface area contributed by atoms with E-state index in [2.05, 4.69) is 0 Å². The summed E-state index contributed by atoms with van der Waals surface area (Å²) in [6, 6.07) is 0. The lowest BCUT2D eigenvalue weighted by molar-refractivity contribution is -0.156. The van der Waals surface area contributed by atoms with Crippen LogP contribution in [0.25, 0.3) is 0 Å². The van der Waals surface area contributed by atoms with Gasteiger partial charge >= 0.3 is 11.9 Å². The molecule has 4 N–H and O–H groups in total. The second-order valence-corrected chi connectivity index (χ2v) is 6.33. The van der Waals surface area contributed by atoms with Crippen molar-refractivity contribution < 1.29 is 34.8 Å². The van der Waals surface area contributed by atoms with Crippen LogP contribution < -0.4 is 0 Å². The number of esters is 1. The van der Waals surface area contributed by atoms with Crippen LogP contribution in [0.15, 0.2) is 23.8 Å². The molecule has 0 amide bonds. The van der Waals surface area contributed by atoms with Crippen LogP contribution in [0, 0.1) is 5.41 Å². The number of ether oxygens (including phenoxy) is 1. The first kappa shape index (κ1) is 16.7. The predicted octanol–water partition coefficient (Wildman–Crippen LogP) is -0.247. The lowest BCUT2D eigenvalue weighted by Gasteiger charge is -2.47. The summed E-state index contributed by atoms with van der Waals surface area (Å²) in [7, 11) is 0. The summed E-state index contributed by atoms with van der Waals surface area (Å²) in [4.78, 5) is 22.8. The van der Waals surface area contributed by atoms with Crippen LogP contribution >= 0.6 is 0 Å². The molecule has 1 saturated carbocycles. The molecule has 122 valence electrons. The molecule has 7 heteroatoms. The first-order valence-corrected chi connectivity index (χ1v) is 6.95. The molecule has 7 nitrogen and oxygen atoms in total. The van der Waals surface area contributed by atoms with Crippen LogP contribution in [-0.2, 0) is 14.3 Å². The number of fused-ring (bicyclic) bond motifs is 2. The van der Waals surface area contributed by atoms with Crippen molar-refractivity contribution in [2.45, 2.75) is 44.0 Å². The fraction of sp³-hybridized carbons (Fsp3) is 0.600. The molecule has 4 unspecified atom stereocenters. The van der Waals surface area contributed by atoms with E-state index in [4.69, 9.17) is 14.9 Å². The highest BCUT2D eigenvalue weighted by Crippen LogP contribution is 2.58. The van der Waals surface area contributed by atoms with Gasteiger partial charge in [-0.2, -0.15) is 0 Å². The molecule has 1 aliphatic heterocycles. The minimum absolute atomic E-state index is 0.0410. The van der Waals surface area contributed by atoms with Crippen molar-refractivity contribution in [3.8, 4) is 0 Å². The van der Waals surface area contributed by atoms with Crippen molar-refractivity contribution >= 4 is 11.9 Å². The number of carboxylic acid groups (broad SMARTS) is 1. The second-order valence-electron chi connectivity index (χ2n) is 6.33. The van der Waals surface area contributed by atoms with E-state index in [-0.39, 0.29) is 18.4 Å². The average molecular weight is 312 g/mol. The van der Waals surface area contributed by atoms with E-state index < -0.39 is 41.3 Å². The summed E-state index contributed by atoms with van der Waals surface area (Å²) >= 11 is 0. The van der Waals surface area contributed by atoms with Crippen molar-refractivity contribution in [1.29, 1.82) is 0 Å². The Kier molecular flexibility index (Phi) is 3.93. The molecule has 2 aliphatic rings. The maximum atomic E-state index is 12.2. The lowest BCUT2D eigenvalue weighted by Crippen LogP contribution is -2.61. The van der Waals surface area contributed by atoms with E-state index in [0.717, 1.165) is 6.08 Å². The third-order valence-corrected chi connectivity index (χ3v) is 4.72. The minimum Gasteiger partial charge on any atom is -0.478 e. The smallest absolute Gasteiger partial charge is 0.328 e. The molecule has 4 atom stereocenters. The second kappa shape index (κ2) is 5.19. The van der Waals surface area contributed by atoms with Gasteiger partial charge in [0.1, 0.15) is 16.6 Å². The highest BCUT2D eigenvalue weighted by atomic mass is 16.6. The molecule has 2 bridgehead atoms. The van der Waals surface area contributed by atoms with Crippen molar-refractivity contribution in [2.75, 3.05) is 6.61 Å². The van der Waals surface area contributed by atoms with Crippen LogP contribution in [0.4, 0.5) is 0 Å². The molecule has 2 fully saturated rings. The van der Waals surface area contributed by atoms with E-state index in [1.165, 1.54) is 26.0 Å². The van der Waals surface area contributed by atoms with Crippen LogP contribution in [0.5, 0.6) is 0 Å². The summed E-state index contributed by atoms with van der Waals surface area (Å²) < 4.78 is 5.31. The van der Waals surface area contributed by atoms with Crippen molar-refractivity contribution in [2.24, 2.45) is 5.41 Å². The van der Waals surface area contributed by atoms with Crippen LogP contribution in [-0.4, -0.2) is 56.3 Å². The monoisotopic (exact) mass is 312 g/mol. The zero-order valence-electron chi connectivity index (χ0n) is 12.4. The van der Waals surface area contributed by atoms with Gasteiger partial charge in [0.25, 0.3) is 0 Å². The van der Waals surface area contributed by atoms with Gasteiger partial charge in [0.2, 0.25) is 0 Å². The molecule has 1 heterocycles. The Morgan fingerprint density at radius 3 is 2.55 bits per heavy atom. The van der Waals surface area contributed by atoms with Gasteiger partial charge in [-0.1, -0.05) is 6.08 Å². The number of carbonyl (C=O) groups excluding carboxylic acids is 1. The molecular weight excluding hydrogens is 292 g/mol. The van der Waals surface area contributed by atoms with Gasteiger partial charge < -0.3 is 25.2 Å². The largest absolute Gasteiger partial charge is 0.478 e. The Morgan fingerprint density at radius 1 is 1.41 bits per heavy atom. The van der Waals surface area contributed by atoms with Crippen LogP contribution in [0.1, 0.15) is 26.7 Å². The maximum absolute atomic E-state index is 12.2. The standard InChI is InChI=1S/C15H20O7/c1-13-6-10(17)7-14(2,22-12(13)20)15(13,21)4-3-9(8-16)5-11(18)19/h3-5,10,16-17,21H,6-8H2,1-2H3,(H,18,19). The van der Waals surface area contributed by atoms with E-state index in [0.29, 0.717) is 0 Å². The van der Waals surface area contributed by atoms with E-state index in [1.807, 2.05) is 0 Å². The Labute approximate surface area is 127 Å². The number of hydrogen-bond acceptors (Lipinski definition) is 6. The molecule has 0 aromatic rings. The molecule has 0 aromatic heterocycles. The quantitative estimate of drug-likeness (QED) is 0.320. The molecule has 0 aromatic carbocycles. The van der Waals surface area contributed by atoms with Gasteiger partial charge in [-0.05, 0) is 31.9 Å². The van der Waals surface area contributed by atoms with Gasteiger partial charge in [0, 0.05) is 12.5 Å². The number of aliphatic hydroxyl groups is 3. The average Bonchev–Trinajstić information content (AvgIpc) is 2.47. The molecule has 1 saturated heterocycles. The van der Waals surface area contributed by atoms with Gasteiger partial charge in [0.05, 0.1) is 12.7 Å². The summed E-state index contributed by atoms with van der Waals surface area (Å²) in [5, 5.41) is 38.8. The topological polar surface area (TPSA) is 124 Å². The molecule has 22 heavy (non-hydrogen) atoms. The first-order chi connectivity index (χ1) is 10.1. The predicted molar refractivity (Wildman–Crippen MR) is 74.7 cm³/mol. The molecule has 0 radical (unpaired) electrons. The molecule has 1 aliphatic carbocycles. The minimum atomic E-state index is -1.71. The molecule has 2 rings (SSSR count). The summed E-state index contributed by atoms with van der Waals surface area (Å²) in [6.07, 6.45) is 2.71. The fourth-order valence-electron chi connectivity index (χ4n) is 3.46. The number of hydrogen-bond donors (Lipinski definition) is 4. The van der Waals surface area contributed by atoms with Gasteiger partial charge in [-0.15, -0.1) is 0 Å². The van der Waals surface area contributed by atoms with Gasteiger partial charge in [0.15, 0.2) is 0 Å². The lowest BCUT2D eigenvalue weighted by atomic mass is 9.59. The summed E-state index contributed by atoms with van der Waals surface area (Å²) in [6.45, 7) is 2.51.